The van der Waals surface area contributed by atoms with Gasteiger partial charge in [-0.05, 0) is 31.8 Å². The number of nitrogens with one attached hydrogen (secondary N) is 1. The first-order chi connectivity index (χ1) is 9.81. The lowest BCUT2D eigenvalue weighted by atomic mass is 9.69. The molecule has 0 bridgehead atoms. The van der Waals surface area contributed by atoms with E-state index >= 15 is 0 Å². The summed E-state index contributed by atoms with van der Waals surface area (Å²) < 4.78 is 25.7. The first-order valence-electron chi connectivity index (χ1n) is 7.04. The quantitative estimate of drug-likeness (QED) is 0.792. The Hall–Kier alpha value is -1.47. The molecule has 7 heteroatoms. The van der Waals surface area contributed by atoms with Crippen molar-refractivity contribution >= 4 is 21.6 Å². The zero-order valence-corrected chi connectivity index (χ0v) is 12.7. The van der Waals surface area contributed by atoms with Crippen LogP contribution in [0.15, 0.2) is 28.9 Å². The minimum atomic E-state index is -3.50. The lowest BCUT2D eigenvalue weighted by Crippen LogP contribution is -2.60. The fourth-order valence-corrected chi connectivity index (χ4v) is 4.65. The summed E-state index contributed by atoms with van der Waals surface area (Å²) in [7, 11) is -3.50. The number of carbonyl (C=O) groups excluding carboxylic acids is 1. The summed E-state index contributed by atoms with van der Waals surface area (Å²) >= 11 is 0. The lowest BCUT2D eigenvalue weighted by Gasteiger charge is -2.39. The average molecular weight is 309 g/mol. The van der Waals surface area contributed by atoms with Crippen molar-refractivity contribution in [2.75, 3.05) is 6.26 Å². The molecule has 2 aliphatic carbocycles. The Morgan fingerprint density at radius 1 is 1.48 bits per heavy atom. The van der Waals surface area contributed by atoms with E-state index in [9.17, 15) is 13.2 Å². The maximum Gasteiger partial charge on any atom is 0.238 e. The smallest absolute Gasteiger partial charge is 0.238 e. The fourth-order valence-electron chi connectivity index (χ4n) is 3.65. The van der Waals surface area contributed by atoms with Crippen LogP contribution in [0.5, 0.6) is 0 Å². The Bertz CT molecular complexity index is 678. The molecule has 1 aliphatic heterocycles. The molecule has 1 fully saturated rings. The average Bonchev–Trinajstić information content (AvgIpc) is 2.74. The molecule has 3 unspecified atom stereocenters. The molecule has 114 valence electrons. The van der Waals surface area contributed by atoms with Crippen molar-refractivity contribution in [1.82, 2.24) is 4.72 Å². The van der Waals surface area contributed by atoms with E-state index in [1.807, 2.05) is 12.2 Å². The number of aliphatic imine (C=N–C) groups is 1. The molecule has 1 amide bonds. The van der Waals surface area contributed by atoms with Crippen LogP contribution in [-0.2, 0) is 14.8 Å². The molecule has 0 aromatic carbocycles. The largest absolute Gasteiger partial charge is 0.368 e. The number of rotatable bonds is 3. The Balaban J connectivity index is 1.92. The van der Waals surface area contributed by atoms with Crippen LogP contribution in [0.25, 0.3) is 0 Å². The van der Waals surface area contributed by atoms with E-state index in [-0.39, 0.29) is 11.8 Å². The van der Waals surface area contributed by atoms with Crippen LogP contribution in [0.1, 0.15) is 25.7 Å². The van der Waals surface area contributed by atoms with Gasteiger partial charge in [0.1, 0.15) is 5.54 Å². The zero-order valence-electron chi connectivity index (χ0n) is 11.9. The van der Waals surface area contributed by atoms with Crippen molar-refractivity contribution in [1.29, 1.82) is 0 Å². The predicted molar refractivity (Wildman–Crippen MR) is 80.0 cm³/mol. The number of nitrogens with zero attached hydrogens (tertiary/aromatic N) is 1. The number of amides is 1. The van der Waals surface area contributed by atoms with Crippen molar-refractivity contribution in [3.05, 3.63) is 23.9 Å². The second-order valence-corrected chi connectivity index (χ2v) is 7.84. The molecule has 3 atom stereocenters. The van der Waals surface area contributed by atoms with Crippen LogP contribution in [0.3, 0.4) is 0 Å². The van der Waals surface area contributed by atoms with Gasteiger partial charge in [0.05, 0.1) is 6.26 Å². The van der Waals surface area contributed by atoms with Crippen molar-refractivity contribution in [2.45, 2.75) is 31.2 Å². The highest BCUT2D eigenvalue weighted by Crippen LogP contribution is 2.45. The molecule has 0 radical (unpaired) electrons. The molecular weight excluding hydrogens is 290 g/mol. The molecular formula is C14H19N3O3S. The number of nitrogens with two attached hydrogens (primary N) is 1. The number of hydrogen-bond acceptors (Lipinski definition) is 4. The van der Waals surface area contributed by atoms with Crippen LogP contribution in [0.4, 0.5) is 0 Å². The monoisotopic (exact) mass is 309 g/mol. The van der Waals surface area contributed by atoms with Crippen LogP contribution in [0, 0.1) is 11.8 Å². The van der Waals surface area contributed by atoms with Crippen molar-refractivity contribution < 1.29 is 13.2 Å². The van der Waals surface area contributed by atoms with Crippen LogP contribution in [0.2, 0.25) is 0 Å². The van der Waals surface area contributed by atoms with Crippen LogP contribution in [-0.4, -0.2) is 31.8 Å². The SMILES string of the molecule is CS(=O)(=O)NC1(C(N)=O)CCC2=NC3=CC=CCC3C2C1. The van der Waals surface area contributed by atoms with Gasteiger partial charge in [-0.2, -0.15) is 4.72 Å². The highest BCUT2D eigenvalue weighted by molar-refractivity contribution is 7.88. The van der Waals surface area contributed by atoms with Crippen molar-refractivity contribution in [3.8, 4) is 0 Å². The number of sulfonamides is 1. The summed E-state index contributed by atoms with van der Waals surface area (Å²) in [6, 6.07) is 0. The Kier molecular flexibility index (Phi) is 3.29. The summed E-state index contributed by atoms with van der Waals surface area (Å²) in [5, 5.41) is 0. The summed E-state index contributed by atoms with van der Waals surface area (Å²) in [4.78, 5) is 16.6. The Morgan fingerprint density at radius 2 is 2.24 bits per heavy atom. The van der Waals surface area contributed by atoms with E-state index in [0.29, 0.717) is 19.3 Å². The van der Waals surface area contributed by atoms with Gasteiger partial charge in [0.2, 0.25) is 15.9 Å². The first-order valence-corrected chi connectivity index (χ1v) is 8.93. The molecule has 6 nitrogen and oxygen atoms in total. The molecule has 0 aromatic heterocycles. The third-order valence-electron chi connectivity index (χ3n) is 4.59. The normalized spacial score (nSPS) is 34.7. The standard InChI is InChI=1S/C14H19N3O3S/c1-21(19,20)17-14(13(15)18)7-6-12-10(8-14)9-4-2-3-5-11(9)16-12/h2-3,5,9-10,17H,4,6-8H2,1H3,(H2,15,18). The van der Waals surface area contributed by atoms with E-state index in [1.54, 1.807) is 0 Å². The number of fused-ring (bicyclic) bond motifs is 3. The topological polar surface area (TPSA) is 102 Å². The molecule has 0 spiro atoms. The summed E-state index contributed by atoms with van der Waals surface area (Å²) in [5.74, 6) is -0.266. The molecule has 3 N–H and O–H groups in total. The van der Waals surface area contributed by atoms with Crippen LogP contribution < -0.4 is 10.5 Å². The van der Waals surface area contributed by atoms with Crippen molar-refractivity contribution in [2.24, 2.45) is 22.6 Å². The second-order valence-electron chi connectivity index (χ2n) is 6.10. The van der Waals surface area contributed by atoms with E-state index < -0.39 is 21.5 Å². The van der Waals surface area contributed by atoms with E-state index in [0.717, 1.165) is 24.1 Å². The summed E-state index contributed by atoms with van der Waals surface area (Å²) in [5.41, 5.74) is 6.45. The van der Waals surface area contributed by atoms with Gasteiger partial charge in [-0.3, -0.25) is 9.79 Å². The van der Waals surface area contributed by atoms with Crippen LogP contribution >= 0.6 is 0 Å². The lowest BCUT2D eigenvalue weighted by molar-refractivity contribution is -0.124. The zero-order chi connectivity index (χ0) is 15.3. The minimum absolute atomic E-state index is 0.0942. The Labute approximate surface area is 124 Å². The second kappa shape index (κ2) is 4.78. The molecule has 0 aromatic rings. The van der Waals surface area contributed by atoms with Gasteiger partial charge in [0, 0.05) is 23.2 Å². The van der Waals surface area contributed by atoms with Gasteiger partial charge in [-0.25, -0.2) is 8.42 Å². The van der Waals surface area contributed by atoms with Gasteiger partial charge in [0.15, 0.2) is 0 Å². The van der Waals surface area contributed by atoms with E-state index in [1.165, 1.54) is 0 Å². The molecule has 0 saturated heterocycles. The van der Waals surface area contributed by atoms with E-state index in [2.05, 4.69) is 15.8 Å². The number of hydrogen-bond donors (Lipinski definition) is 2. The molecule has 1 heterocycles. The molecule has 21 heavy (non-hydrogen) atoms. The maximum absolute atomic E-state index is 11.9. The predicted octanol–water partition coefficient (Wildman–Crippen LogP) is 0.474. The first kappa shape index (κ1) is 14.5. The van der Waals surface area contributed by atoms with Gasteiger partial charge in [-0.1, -0.05) is 12.2 Å². The highest BCUT2D eigenvalue weighted by Gasteiger charge is 2.50. The highest BCUT2D eigenvalue weighted by atomic mass is 32.2. The van der Waals surface area contributed by atoms with Gasteiger partial charge in [-0.15, -0.1) is 0 Å². The summed E-state index contributed by atoms with van der Waals surface area (Å²) in [6.45, 7) is 0. The third kappa shape index (κ3) is 2.55. The third-order valence-corrected chi connectivity index (χ3v) is 5.35. The van der Waals surface area contributed by atoms with Crippen molar-refractivity contribution in [3.63, 3.8) is 0 Å². The number of primary amides is 1. The molecule has 1 saturated carbocycles. The Morgan fingerprint density at radius 3 is 2.90 bits per heavy atom. The van der Waals surface area contributed by atoms with Gasteiger partial charge < -0.3 is 5.73 Å². The van der Waals surface area contributed by atoms with Gasteiger partial charge >= 0.3 is 0 Å². The molecule has 3 rings (SSSR count). The van der Waals surface area contributed by atoms with Gasteiger partial charge in [0.25, 0.3) is 0 Å². The number of carbonyl (C=O) groups is 1. The summed E-state index contributed by atoms with van der Waals surface area (Å²) in [6.07, 6.45) is 9.37. The maximum atomic E-state index is 11.9. The van der Waals surface area contributed by atoms with E-state index in [4.69, 9.17) is 5.73 Å². The number of allylic oxidation sites excluding steroid dienone is 4. The fraction of sp³-hybridized carbons (Fsp3) is 0.571. The molecule has 3 aliphatic rings. The minimum Gasteiger partial charge on any atom is -0.368 e.